The fourth-order valence-electron chi connectivity index (χ4n) is 2.48. The van der Waals surface area contributed by atoms with Gasteiger partial charge in [-0.2, -0.15) is 0 Å². The average Bonchev–Trinajstić information content (AvgIpc) is 2.67. The van der Waals surface area contributed by atoms with Crippen molar-refractivity contribution in [1.82, 2.24) is 10.6 Å². The van der Waals surface area contributed by atoms with Gasteiger partial charge >= 0.3 is 0 Å². The summed E-state index contributed by atoms with van der Waals surface area (Å²) in [4.78, 5) is 4.24. The predicted molar refractivity (Wildman–Crippen MR) is 105 cm³/mol. The summed E-state index contributed by atoms with van der Waals surface area (Å²) in [6, 6.07) is 11.3. The molecule has 0 saturated heterocycles. The first-order chi connectivity index (χ1) is 12.6. The van der Waals surface area contributed by atoms with Gasteiger partial charge in [-0.15, -0.1) is 0 Å². The highest BCUT2D eigenvalue weighted by Crippen LogP contribution is 2.33. The van der Waals surface area contributed by atoms with E-state index in [1.807, 2.05) is 36.4 Å². The van der Waals surface area contributed by atoms with E-state index in [2.05, 4.69) is 15.6 Å². The van der Waals surface area contributed by atoms with Gasteiger partial charge in [-0.3, -0.25) is 4.99 Å². The van der Waals surface area contributed by atoms with Crippen molar-refractivity contribution in [1.29, 1.82) is 0 Å². The van der Waals surface area contributed by atoms with Crippen LogP contribution in [0.4, 0.5) is 0 Å². The van der Waals surface area contributed by atoms with Crippen LogP contribution in [0.2, 0.25) is 5.02 Å². The highest BCUT2D eigenvalue weighted by atomic mass is 35.5. The Kier molecular flexibility index (Phi) is 7.41. The summed E-state index contributed by atoms with van der Waals surface area (Å²) in [5.41, 5.74) is 1.95. The molecule has 140 valence electrons. The fourth-order valence-corrected chi connectivity index (χ4v) is 2.69. The Balaban J connectivity index is 2.06. The highest BCUT2D eigenvalue weighted by Gasteiger charge is 2.13. The molecule has 0 aliphatic carbocycles. The molecule has 0 radical (unpaired) electrons. The minimum atomic E-state index is 0.478. The lowest BCUT2D eigenvalue weighted by molar-refractivity contribution is 0.368. The first-order valence-corrected chi connectivity index (χ1v) is 8.47. The minimum absolute atomic E-state index is 0.478. The average molecular weight is 378 g/mol. The van der Waals surface area contributed by atoms with Gasteiger partial charge in [-0.05, 0) is 17.7 Å². The summed E-state index contributed by atoms with van der Waals surface area (Å²) >= 11 is 6.02. The second-order valence-electron chi connectivity index (χ2n) is 5.42. The lowest BCUT2D eigenvalue weighted by Gasteiger charge is -2.17. The Bertz CT molecular complexity index is 740. The van der Waals surface area contributed by atoms with Gasteiger partial charge in [0.25, 0.3) is 0 Å². The molecule has 0 aromatic heterocycles. The van der Waals surface area contributed by atoms with E-state index in [1.165, 1.54) is 0 Å². The second-order valence-corrected chi connectivity index (χ2v) is 5.86. The Morgan fingerprint density at radius 2 is 1.62 bits per heavy atom. The van der Waals surface area contributed by atoms with Crippen molar-refractivity contribution in [3.8, 4) is 17.2 Å². The predicted octanol–water partition coefficient (Wildman–Crippen LogP) is 3.23. The van der Waals surface area contributed by atoms with E-state index < -0.39 is 0 Å². The quantitative estimate of drug-likeness (QED) is 0.573. The summed E-state index contributed by atoms with van der Waals surface area (Å²) in [5.74, 6) is 2.69. The van der Waals surface area contributed by atoms with Crippen molar-refractivity contribution in [2.24, 2.45) is 4.99 Å². The fraction of sp³-hybridized carbons (Fsp3) is 0.316. The number of nitrogens with one attached hydrogen (secondary N) is 2. The van der Waals surface area contributed by atoms with E-state index in [4.69, 9.17) is 25.8 Å². The van der Waals surface area contributed by atoms with Crippen molar-refractivity contribution < 1.29 is 14.2 Å². The normalized spacial score (nSPS) is 11.0. The molecular weight excluding hydrogens is 354 g/mol. The molecule has 0 atom stereocenters. The minimum Gasteiger partial charge on any atom is -0.496 e. The molecule has 7 heteroatoms. The molecule has 2 rings (SSSR count). The van der Waals surface area contributed by atoms with Crippen LogP contribution in [0, 0.1) is 0 Å². The number of aliphatic imine (C=N–C) groups is 1. The van der Waals surface area contributed by atoms with Crippen molar-refractivity contribution in [3.05, 3.63) is 52.5 Å². The van der Waals surface area contributed by atoms with Gasteiger partial charge in [0, 0.05) is 30.7 Å². The number of benzene rings is 2. The van der Waals surface area contributed by atoms with Gasteiger partial charge in [0.15, 0.2) is 5.96 Å². The van der Waals surface area contributed by atoms with Crippen LogP contribution >= 0.6 is 11.6 Å². The zero-order chi connectivity index (χ0) is 18.9. The lowest BCUT2D eigenvalue weighted by atomic mass is 10.1. The Morgan fingerprint density at radius 1 is 0.962 bits per heavy atom. The molecule has 0 aliphatic rings. The van der Waals surface area contributed by atoms with E-state index in [1.54, 1.807) is 28.4 Å². The van der Waals surface area contributed by atoms with Gasteiger partial charge in [-0.1, -0.05) is 23.7 Å². The summed E-state index contributed by atoms with van der Waals surface area (Å²) in [5, 5.41) is 7.23. The van der Waals surface area contributed by atoms with E-state index in [9.17, 15) is 0 Å². The van der Waals surface area contributed by atoms with E-state index in [0.717, 1.165) is 11.1 Å². The third-order valence-corrected chi connectivity index (χ3v) is 4.06. The summed E-state index contributed by atoms with van der Waals surface area (Å²) in [6.45, 7) is 1.09. The van der Waals surface area contributed by atoms with E-state index in [-0.39, 0.29) is 0 Å². The maximum Gasteiger partial charge on any atom is 0.191 e. The van der Waals surface area contributed by atoms with Crippen molar-refractivity contribution in [3.63, 3.8) is 0 Å². The topological polar surface area (TPSA) is 64.1 Å². The largest absolute Gasteiger partial charge is 0.496 e. The van der Waals surface area contributed by atoms with Crippen LogP contribution in [0.15, 0.2) is 41.4 Å². The van der Waals surface area contributed by atoms with Crippen molar-refractivity contribution in [2.45, 2.75) is 13.1 Å². The molecule has 26 heavy (non-hydrogen) atoms. The third kappa shape index (κ3) is 5.20. The molecular formula is C19H24ClN3O3. The number of hydrogen-bond donors (Lipinski definition) is 2. The Labute approximate surface area is 159 Å². The molecule has 0 aliphatic heterocycles. The van der Waals surface area contributed by atoms with Gasteiger partial charge in [0.05, 0.1) is 33.4 Å². The molecule has 0 amide bonds. The molecule has 0 heterocycles. The molecule has 0 unspecified atom stereocenters. The zero-order valence-electron chi connectivity index (χ0n) is 15.4. The summed E-state index contributed by atoms with van der Waals surface area (Å²) in [7, 11) is 6.55. The van der Waals surface area contributed by atoms with Crippen LogP contribution in [-0.4, -0.2) is 34.3 Å². The number of ether oxygens (including phenoxy) is 3. The molecule has 2 N–H and O–H groups in total. The lowest BCUT2D eigenvalue weighted by Crippen LogP contribution is -2.36. The first kappa shape index (κ1) is 19.7. The van der Waals surface area contributed by atoms with Gasteiger partial charge < -0.3 is 24.8 Å². The highest BCUT2D eigenvalue weighted by molar-refractivity contribution is 6.30. The van der Waals surface area contributed by atoms with Crippen LogP contribution < -0.4 is 24.8 Å². The number of guanidine groups is 1. The zero-order valence-corrected chi connectivity index (χ0v) is 16.2. The molecule has 0 spiro atoms. The van der Waals surface area contributed by atoms with Gasteiger partial charge in [0.1, 0.15) is 17.2 Å². The standard InChI is InChI=1S/C19H24ClN3O3/c1-21-19(22-11-13-6-5-7-14(20)8-13)23-12-16-17(25-3)9-15(24-2)10-18(16)26-4/h5-10H,11-12H2,1-4H3,(H2,21,22,23). The van der Waals surface area contributed by atoms with E-state index in [0.29, 0.717) is 41.3 Å². The van der Waals surface area contributed by atoms with Gasteiger partial charge in [-0.25, -0.2) is 0 Å². The van der Waals surface area contributed by atoms with Crippen LogP contribution in [0.25, 0.3) is 0 Å². The SMILES string of the molecule is CN=C(NCc1cccc(Cl)c1)NCc1c(OC)cc(OC)cc1OC. The molecule has 0 bridgehead atoms. The number of halogens is 1. The molecule has 2 aromatic rings. The maximum atomic E-state index is 6.02. The number of methoxy groups -OCH3 is 3. The molecule has 0 saturated carbocycles. The second kappa shape index (κ2) is 9.77. The third-order valence-electron chi connectivity index (χ3n) is 3.82. The van der Waals surface area contributed by atoms with Crippen molar-refractivity contribution >= 4 is 17.6 Å². The van der Waals surface area contributed by atoms with Crippen LogP contribution in [-0.2, 0) is 13.1 Å². The van der Waals surface area contributed by atoms with Crippen LogP contribution in [0.5, 0.6) is 17.2 Å². The number of nitrogens with zero attached hydrogens (tertiary/aromatic N) is 1. The maximum absolute atomic E-state index is 6.02. The van der Waals surface area contributed by atoms with Gasteiger partial charge in [0.2, 0.25) is 0 Å². The summed E-state index contributed by atoms with van der Waals surface area (Å²) < 4.78 is 16.2. The van der Waals surface area contributed by atoms with Crippen LogP contribution in [0.1, 0.15) is 11.1 Å². The first-order valence-electron chi connectivity index (χ1n) is 8.09. The van der Waals surface area contributed by atoms with Crippen LogP contribution in [0.3, 0.4) is 0 Å². The Hall–Kier alpha value is -2.60. The smallest absolute Gasteiger partial charge is 0.191 e. The molecule has 2 aromatic carbocycles. The summed E-state index contributed by atoms with van der Waals surface area (Å²) in [6.07, 6.45) is 0. The molecule has 6 nitrogen and oxygen atoms in total. The number of rotatable bonds is 7. The monoisotopic (exact) mass is 377 g/mol. The number of hydrogen-bond acceptors (Lipinski definition) is 4. The molecule has 0 fully saturated rings. The Morgan fingerprint density at radius 3 is 2.15 bits per heavy atom. The van der Waals surface area contributed by atoms with Crippen molar-refractivity contribution in [2.75, 3.05) is 28.4 Å². The van der Waals surface area contributed by atoms with E-state index >= 15 is 0 Å².